The van der Waals surface area contributed by atoms with Crippen molar-refractivity contribution >= 4 is 0 Å². The molecule has 1 aliphatic carbocycles. The first-order valence-corrected chi connectivity index (χ1v) is 7.49. The van der Waals surface area contributed by atoms with Crippen LogP contribution in [0.3, 0.4) is 0 Å². The van der Waals surface area contributed by atoms with E-state index in [9.17, 15) is 0 Å². The van der Waals surface area contributed by atoms with Gasteiger partial charge in [0.1, 0.15) is 0 Å². The molecule has 1 rings (SSSR count). The summed E-state index contributed by atoms with van der Waals surface area (Å²) in [5.41, 5.74) is 0. The first-order chi connectivity index (χ1) is 7.49. The summed E-state index contributed by atoms with van der Waals surface area (Å²) in [4.78, 5) is 0. The number of unbranched alkanes of at least 4 members (excludes halogenated alkanes) is 1. The molecular weight excluding hydrogens is 192 g/mol. The highest BCUT2D eigenvalue weighted by Gasteiger charge is 2.41. The summed E-state index contributed by atoms with van der Waals surface area (Å²) in [5.74, 6) is 5.73. The molecule has 5 atom stereocenters. The van der Waals surface area contributed by atoms with Crippen molar-refractivity contribution in [2.45, 2.75) is 67.2 Å². The molecule has 0 spiro atoms. The average molecular weight is 224 g/mol. The molecule has 0 heteroatoms. The fourth-order valence-corrected chi connectivity index (χ4v) is 3.45. The van der Waals surface area contributed by atoms with Crippen LogP contribution in [0.4, 0.5) is 0 Å². The van der Waals surface area contributed by atoms with Crippen molar-refractivity contribution in [3.63, 3.8) is 0 Å². The van der Waals surface area contributed by atoms with Gasteiger partial charge < -0.3 is 0 Å². The van der Waals surface area contributed by atoms with Gasteiger partial charge in [0.25, 0.3) is 0 Å². The Kier molecular flexibility index (Phi) is 5.34. The molecule has 0 heterocycles. The Hall–Kier alpha value is 0. The Balaban J connectivity index is 2.57. The normalized spacial score (nSPS) is 33.6. The Labute approximate surface area is 103 Å². The van der Waals surface area contributed by atoms with Gasteiger partial charge in [-0.05, 0) is 48.3 Å². The second-order valence-electron chi connectivity index (χ2n) is 6.65. The highest BCUT2D eigenvalue weighted by molar-refractivity contribution is 4.90. The van der Waals surface area contributed by atoms with Crippen molar-refractivity contribution in [3.8, 4) is 0 Å². The molecule has 16 heavy (non-hydrogen) atoms. The molecule has 0 nitrogen and oxygen atoms in total. The van der Waals surface area contributed by atoms with E-state index in [2.05, 4.69) is 41.5 Å². The van der Waals surface area contributed by atoms with Gasteiger partial charge in [-0.1, -0.05) is 54.4 Å². The van der Waals surface area contributed by atoms with Gasteiger partial charge in [-0.3, -0.25) is 0 Å². The quantitative estimate of drug-likeness (QED) is 0.568. The smallest absolute Gasteiger partial charge is 0.0352 e. The summed E-state index contributed by atoms with van der Waals surface area (Å²) >= 11 is 0. The van der Waals surface area contributed by atoms with Crippen LogP contribution >= 0.6 is 0 Å². The molecule has 1 aliphatic rings. The lowest BCUT2D eigenvalue weighted by Gasteiger charge is -2.48. The van der Waals surface area contributed by atoms with Crippen LogP contribution in [0.15, 0.2) is 0 Å². The summed E-state index contributed by atoms with van der Waals surface area (Å²) in [6.07, 6.45) is 5.75. The van der Waals surface area contributed by atoms with E-state index in [0.29, 0.717) is 0 Å². The van der Waals surface area contributed by atoms with E-state index < -0.39 is 0 Å². The molecule has 1 fully saturated rings. The van der Waals surface area contributed by atoms with Crippen molar-refractivity contribution in [2.75, 3.05) is 0 Å². The van der Waals surface area contributed by atoms with Crippen LogP contribution in [0, 0.1) is 35.5 Å². The Bertz CT molecular complexity index is 194. The van der Waals surface area contributed by atoms with Gasteiger partial charge in [0, 0.05) is 0 Å². The molecule has 5 unspecified atom stereocenters. The molecular formula is C16H32. The predicted molar refractivity (Wildman–Crippen MR) is 73.5 cm³/mol. The molecule has 0 aromatic rings. The fraction of sp³-hybridized carbons (Fsp3) is 1.00. The van der Waals surface area contributed by atoms with E-state index >= 15 is 0 Å². The maximum Gasteiger partial charge on any atom is -0.0352 e. The van der Waals surface area contributed by atoms with Crippen LogP contribution in [0.25, 0.3) is 0 Å². The molecule has 0 aliphatic heterocycles. The van der Waals surface area contributed by atoms with Crippen LogP contribution < -0.4 is 0 Å². The Morgan fingerprint density at radius 2 is 1.75 bits per heavy atom. The topological polar surface area (TPSA) is 0 Å². The van der Waals surface area contributed by atoms with Crippen LogP contribution in [-0.2, 0) is 0 Å². The molecule has 0 N–H and O–H groups in total. The standard InChI is InChI=1S/C16H32/c1-7-8-9-15(13(5)11(2)3)16-10-12(4)14(16)6/h11-16H,7-10H2,1-6H3. The zero-order chi connectivity index (χ0) is 12.3. The number of hydrogen-bond acceptors (Lipinski definition) is 0. The third kappa shape index (κ3) is 3.02. The van der Waals surface area contributed by atoms with Gasteiger partial charge in [-0.15, -0.1) is 0 Å². The van der Waals surface area contributed by atoms with Crippen molar-refractivity contribution < 1.29 is 0 Å². The number of hydrogen-bond donors (Lipinski definition) is 0. The molecule has 1 saturated carbocycles. The molecule has 96 valence electrons. The monoisotopic (exact) mass is 224 g/mol. The van der Waals surface area contributed by atoms with Crippen LogP contribution in [-0.4, -0.2) is 0 Å². The lowest BCUT2D eigenvalue weighted by molar-refractivity contribution is 0.00900. The highest BCUT2D eigenvalue weighted by Crippen LogP contribution is 2.49. The van der Waals surface area contributed by atoms with Crippen LogP contribution in [0.2, 0.25) is 0 Å². The molecule has 0 aromatic heterocycles. The fourth-order valence-electron chi connectivity index (χ4n) is 3.45. The predicted octanol–water partition coefficient (Wildman–Crippen LogP) is 5.38. The zero-order valence-corrected chi connectivity index (χ0v) is 12.3. The van der Waals surface area contributed by atoms with Crippen molar-refractivity contribution in [1.29, 1.82) is 0 Å². The first kappa shape index (κ1) is 14.1. The van der Waals surface area contributed by atoms with Gasteiger partial charge in [-0.2, -0.15) is 0 Å². The van der Waals surface area contributed by atoms with Gasteiger partial charge in [0.2, 0.25) is 0 Å². The maximum atomic E-state index is 2.49. The molecule has 0 aromatic carbocycles. The summed E-state index contributed by atoms with van der Waals surface area (Å²) in [6.45, 7) is 14.5. The van der Waals surface area contributed by atoms with E-state index in [1.165, 1.54) is 25.7 Å². The summed E-state index contributed by atoms with van der Waals surface area (Å²) in [5, 5.41) is 0. The van der Waals surface area contributed by atoms with Crippen LogP contribution in [0.5, 0.6) is 0 Å². The van der Waals surface area contributed by atoms with Gasteiger partial charge in [-0.25, -0.2) is 0 Å². The largest absolute Gasteiger partial charge is 0.0654 e. The minimum absolute atomic E-state index is 0.852. The third-order valence-corrected chi connectivity index (χ3v) is 5.38. The first-order valence-electron chi connectivity index (χ1n) is 7.49. The third-order valence-electron chi connectivity index (χ3n) is 5.38. The van der Waals surface area contributed by atoms with E-state index in [4.69, 9.17) is 0 Å². The molecule has 0 saturated heterocycles. The maximum absolute atomic E-state index is 2.49. The molecule has 0 radical (unpaired) electrons. The van der Waals surface area contributed by atoms with Crippen molar-refractivity contribution in [2.24, 2.45) is 35.5 Å². The van der Waals surface area contributed by atoms with Crippen molar-refractivity contribution in [1.82, 2.24) is 0 Å². The van der Waals surface area contributed by atoms with E-state index in [1.54, 1.807) is 0 Å². The van der Waals surface area contributed by atoms with Gasteiger partial charge >= 0.3 is 0 Å². The lowest BCUT2D eigenvalue weighted by atomic mass is 9.57. The van der Waals surface area contributed by atoms with E-state index in [1.807, 2.05) is 0 Å². The average Bonchev–Trinajstić information content (AvgIpc) is 2.27. The van der Waals surface area contributed by atoms with Crippen molar-refractivity contribution in [3.05, 3.63) is 0 Å². The minimum atomic E-state index is 0.852. The Morgan fingerprint density at radius 1 is 1.12 bits per heavy atom. The van der Waals surface area contributed by atoms with E-state index in [0.717, 1.165) is 35.5 Å². The lowest BCUT2D eigenvalue weighted by Crippen LogP contribution is -2.41. The summed E-state index contributed by atoms with van der Waals surface area (Å²) in [7, 11) is 0. The second kappa shape index (κ2) is 6.07. The molecule has 0 bridgehead atoms. The van der Waals surface area contributed by atoms with Crippen LogP contribution in [0.1, 0.15) is 67.2 Å². The van der Waals surface area contributed by atoms with Gasteiger partial charge in [0.15, 0.2) is 0 Å². The van der Waals surface area contributed by atoms with Gasteiger partial charge in [0.05, 0.1) is 0 Å². The Morgan fingerprint density at radius 3 is 2.12 bits per heavy atom. The minimum Gasteiger partial charge on any atom is -0.0654 e. The molecule has 0 amide bonds. The SMILES string of the molecule is CCCCC(C(C)C(C)C)C1CC(C)C1C. The summed E-state index contributed by atoms with van der Waals surface area (Å²) < 4.78 is 0. The zero-order valence-electron chi connectivity index (χ0n) is 12.3. The number of rotatable bonds is 6. The second-order valence-corrected chi connectivity index (χ2v) is 6.65. The van der Waals surface area contributed by atoms with E-state index in [-0.39, 0.29) is 0 Å². The highest BCUT2D eigenvalue weighted by atomic mass is 14.5. The summed E-state index contributed by atoms with van der Waals surface area (Å²) in [6, 6.07) is 0.